The van der Waals surface area contributed by atoms with Crippen molar-refractivity contribution in [3.63, 3.8) is 0 Å². The van der Waals surface area contributed by atoms with Gasteiger partial charge in [0.2, 0.25) is 5.91 Å². The molecule has 5 heteroatoms. The van der Waals surface area contributed by atoms with Crippen LogP contribution in [0.25, 0.3) is 10.9 Å². The van der Waals surface area contributed by atoms with Gasteiger partial charge in [-0.05, 0) is 54.3 Å². The van der Waals surface area contributed by atoms with Gasteiger partial charge in [0.05, 0.1) is 7.11 Å². The van der Waals surface area contributed by atoms with Crippen LogP contribution in [0.5, 0.6) is 5.75 Å². The van der Waals surface area contributed by atoms with Gasteiger partial charge in [0.25, 0.3) is 0 Å². The van der Waals surface area contributed by atoms with E-state index in [0.717, 1.165) is 53.7 Å². The van der Waals surface area contributed by atoms with Crippen LogP contribution in [-0.2, 0) is 4.79 Å². The summed E-state index contributed by atoms with van der Waals surface area (Å²) in [7, 11) is 1.67. The molecule has 1 aromatic heterocycles. The largest absolute Gasteiger partial charge is 0.497 e. The number of fused-ring (bicyclic) bond motifs is 1. The molecule has 1 fully saturated rings. The summed E-state index contributed by atoms with van der Waals surface area (Å²) in [5, 5.41) is 1.78. The minimum Gasteiger partial charge on any atom is -0.497 e. The summed E-state index contributed by atoms with van der Waals surface area (Å²) in [6.07, 6.45) is 4.66. The van der Waals surface area contributed by atoms with Crippen molar-refractivity contribution in [2.24, 2.45) is 0 Å². The summed E-state index contributed by atoms with van der Waals surface area (Å²) >= 11 is 6.09. The number of carbonyl (C=O) groups excluding carboxylic acids is 1. The molecule has 140 valence electrons. The third-order valence-electron chi connectivity index (χ3n) is 5.41. The third kappa shape index (κ3) is 3.67. The standard InChI is InChI=1S/C22H23ClN2O2/c1-27-17-8-9-21-19(12-17)20(14-24-21)18(15-4-6-16(23)7-5-15)13-22(26)25-10-2-3-11-25/h4-9,12,14,18,24H,2-3,10-11,13H2,1H3/t18-/m0/s1. The van der Waals surface area contributed by atoms with Gasteiger partial charge in [-0.25, -0.2) is 0 Å². The lowest BCUT2D eigenvalue weighted by molar-refractivity contribution is -0.130. The minimum atomic E-state index is -0.0313. The molecule has 0 unspecified atom stereocenters. The van der Waals surface area contributed by atoms with E-state index in [1.807, 2.05) is 53.6 Å². The topological polar surface area (TPSA) is 45.3 Å². The van der Waals surface area contributed by atoms with Crippen LogP contribution in [0.15, 0.2) is 48.7 Å². The molecule has 27 heavy (non-hydrogen) atoms. The van der Waals surface area contributed by atoms with E-state index < -0.39 is 0 Å². The maximum atomic E-state index is 12.9. The van der Waals surface area contributed by atoms with Crippen LogP contribution < -0.4 is 4.74 Å². The molecule has 0 spiro atoms. The molecule has 2 heterocycles. The first-order chi connectivity index (χ1) is 13.2. The minimum absolute atomic E-state index is 0.0313. The van der Waals surface area contributed by atoms with Gasteiger partial charge >= 0.3 is 0 Å². The van der Waals surface area contributed by atoms with E-state index in [0.29, 0.717) is 11.4 Å². The van der Waals surface area contributed by atoms with E-state index >= 15 is 0 Å². The quantitative estimate of drug-likeness (QED) is 0.676. The Morgan fingerprint density at radius 2 is 1.93 bits per heavy atom. The highest BCUT2D eigenvalue weighted by molar-refractivity contribution is 6.30. The van der Waals surface area contributed by atoms with Crippen LogP contribution in [0.3, 0.4) is 0 Å². The zero-order valence-corrected chi connectivity index (χ0v) is 16.1. The van der Waals surface area contributed by atoms with Crippen LogP contribution in [0.2, 0.25) is 5.02 Å². The van der Waals surface area contributed by atoms with Gasteiger partial charge in [0.15, 0.2) is 0 Å². The monoisotopic (exact) mass is 382 g/mol. The van der Waals surface area contributed by atoms with E-state index in [-0.39, 0.29) is 11.8 Å². The predicted octanol–water partition coefficient (Wildman–Crippen LogP) is 4.97. The number of aromatic amines is 1. The highest BCUT2D eigenvalue weighted by atomic mass is 35.5. The molecule has 3 aromatic rings. The Morgan fingerprint density at radius 1 is 1.19 bits per heavy atom. The molecule has 4 rings (SSSR count). The second-order valence-electron chi connectivity index (χ2n) is 7.05. The molecular formula is C22H23ClN2O2. The van der Waals surface area contributed by atoms with E-state index in [2.05, 4.69) is 4.98 Å². The van der Waals surface area contributed by atoms with Gasteiger partial charge in [-0.3, -0.25) is 4.79 Å². The average molecular weight is 383 g/mol. The van der Waals surface area contributed by atoms with E-state index in [1.54, 1.807) is 7.11 Å². The van der Waals surface area contributed by atoms with Crippen molar-refractivity contribution >= 4 is 28.4 Å². The van der Waals surface area contributed by atoms with Gasteiger partial charge in [0, 0.05) is 47.6 Å². The van der Waals surface area contributed by atoms with Gasteiger partial charge in [0.1, 0.15) is 5.75 Å². The highest BCUT2D eigenvalue weighted by Gasteiger charge is 2.26. The van der Waals surface area contributed by atoms with Crippen LogP contribution >= 0.6 is 11.6 Å². The molecule has 1 aliphatic heterocycles. The van der Waals surface area contributed by atoms with Crippen molar-refractivity contribution in [2.45, 2.75) is 25.2 Å². The first-order valence-electron chi connectivity index (χ1n) is 9.34. The average Bonchev–Trinajstić information content (AvgIpc) is 3.36. The third-order valence-corrected chi connectivity index (χ3v) is 5.66. The fourth-order valence-corrected chi connectivity index (χ4v) is 4.04. The second-order valence-corrected chi connectivity index (χ2v) is 7.49. The number of carbonyl (C=O) groups is 1. The number of H-pyrrole nitrogens is 1. The fourth-order valence-electron chi connectivity index (χ4n) is 3.91. The van der Waals surface area contributed by atoms with Gasteiger partial charge in [-0.2, -0.15) is 0 Å². The Hall–Kier alpha value is -2.46. The number of halogens is 1. The van der Waals surface area contributed by atoms with E-state index in [4.69, 9.17) is 16.3 Å². The lowest BCUT2D eigenvalue weighted by Gasteiger charge is -2.21. The predicted molar refractivity (Wildman–Crippen MR) is 109 cm³/mol. The van der Waals surface area contributed by atoms with Crippen LogP contribution in [0, 0.1) is 0 Å². The number of hydrogen-bond acceptors (Lipinski definition) is 2. The SMILES string of the molecule is COc1ccc2[nH]cc([C@@H](CC(=O)N3CCCC3)c3ccc(Cl)cc3)c2c1. The van der Waals surface area contributed by atoms with Crippen LogP contribution in [-0.4, -0.2) is 36.0 Å². The summed E-state index contributed by atoms with van der Waals surface area (Å²) in [5.41, 5.74) is 3.24. The smallest absolute Gasteiger partial charge is 0.223 e. The van der Waals surface area contributed by atoms with Gasteiger partial charge < -0.3 is 14.6 Å². The van der Waals surface area contributed by atoms with Crippen molar-refractivity contribution in [1.29, 1.82) is 0 Å². The van der Waals surface area contributed by atoms with E-state index in [9.17, 15) is 4.79 Å². The number of ether oxygens (including phenoxy) is 1. The lowest BCUT2D eigenvalue weighted by atomic mass is 9.88. The Bertz CT molecular complexity index is 943. The molecule has 1 saturated heterocycles. The molecular weight excluding hydrogens is 360 g/mol. The molecule has 4 nitrogen and oxygen atoms in total. The zero-order chi connectivity index (χ0) is 18.8. The lowest BCUT2D eigenvalue weighted by Crippen LogP contribution is -2.29. The maximum Gasteiger partial charge on any atom is 0.223 e. The molecule has 1 atom stereocenters. The Morgan fingerprint density at radius 3 is 2.63 bits per heavy atom. The van der Waals surface area contributed by atoms with Crippen molar-refractivity contribution < 1.29 is 9.53 Å². The maximum absolute atomic E-state index is 12.9. The molecule has 1 amide bonds. The Labute approximate surface area is 164 Å². The number of rotatable bonds is 5. The van der Waals surface area contributed by atoms with Crippen molar-refractivity contribution in [3.05, 3.63) is 64.8 Å². The van der Waals surface area contributed by atoms with Crippen molar-refractivity contribution in [1.82, 2.24) is 9.88 Å². The second kappa shape index (κ2) is 7.65. The molecule has 0 radical (unpaired) electrons. The molecule has 2 aromatic carbocycles. The van der Waals surface area contributed by atoms with Crippen LogP contribution in [0.4, 0.5) is 0 Å². The van der Waals surface area contributed by atoms with E-state index in [1.165, 1.54) is 0 Å². The number of methoxy groups -OCH3 is 1. The number of nitrogens with zero attached hydrogens (tertiary/aromatic N) is 1. The number of aromatic nitrogens is 1. The summed E-state index contributed by atoms with van der Waals surface area (Å²) in [6, 6.07) is 13.8. The normalized spacial score (nSPS) is 15.3. The summed E-state index contributed by atoms with van der Waals surface area (Å²) in [5.74, 6) is 0.991. The number of amides is 1. The molecule has 0 aliphatic carbocycles. The number of hydrogen-bond donors (Lipinski definition) is 1. The molecule has 0 bridgehead atoms. The Kier molecular flexibility index (Phi) is 5.08. The molecule has 0 saturated carbocycles. The number of likely N-dealkylation sites (tertiary alicyclic amines) is 1. The van der Waals surface area contributed by atoms with Gasteiger partial charge in [-0.15, -0.1) is 0 Å². The fraction of sp³-hybridized carbons (Fsp3) is 0.318. The van der Waals surface area contributed by atoms with Crippen molar-refractivity contribution in [3.8, 4) is 5.75 Å². The first kappa shape index (κ1) is 17.9. The molecule has 1 N–H and O–H groups in total. The summed E-state index contributed by atoms with van der Waals surface area (Å²) < 4.78 is 5.40. The van der Waals surface area contributed by atoms with Crippen LogP contribution in [0.1, 0.15) is 36.3 Å². The van der Waals surface area contributed by atoms with Gasteiger partial charge in [-0.1, -0.05) is 23.7 Å². The summed E-state index contributed by atoms with van der Waals surface area (Å²) in [6.45, 7) is 1.74. The zero-order valence-electron chi connectivity index (χ0n) is 15.4. The molecule has 1 aliphatic rings. The number of nitrogens with one attached hydrogen (secondary N) is 1. The Balaban J connectivity index is 1.75. The summed E-state index contributed by atoms with van der Waals surface area (Å²) in [4.78, 5) is 18.2. The van der Waals surface area contributed by atoms with Crippen molar-refractivity contribution in [2.75, 3.05) is 20.2 Å². The number of benzene rings is 2. The highest BCUT2D eigenvalue weighted by Crippen LogP contribution is 2.36. The first-order valence-corrected chi connectivity index (χ1v) is 9.72.